The van der Waals surface area contributed by atoms with Crippen LogP contribution in [0.1, 0.15) is 12.8 Å². The molecule has 0 atom stereocenters. The van der Waals surface area contributed by atoms with Gasteiger partial charge in [0.15, 0.2) is 0 Å². The number of aryl methyl sites for hydroxylation is 1. The summed E-state index contributed by atoms with van der Waals surface area (Å²) < 4.78 is 1.45. The van der Waals surface area contributed by atoms with Crippen molar-refractivity contribution < 1.29 is 4.79 Å². The van der Waals surface area contributed by atoms with Gasteiger partial charge in [0, 0.05) is 37.8 Å². The van der Waals surface area contributed by atoms with Crippen molar-refractivity contribution in [3.05, 3.63) is 53.1 Å². The van der Waals surface area contributed by atoms with E-state index >= 15 is 0 Å². The van der Waals surface area contributed by atoms with Crippen LogP contribution in [0.4, 0.5) is 11.5 Å². The number of hydrogen-bond acceptors (Lipinski definition) is 4. The van der Waals surface area contributed by atoms with Gasteiger partial charge in [-0.3, -0.25) is 9.59 Å². The molecule has 2 heterocycles. The molecule has 2 aromatic rings. The Morgan fingerprint density at radius 3 is 2.57 bits per heavy atom. The summed E-state index contributed by atoms with van der Waals surface area (Å²) in [4.78, 5) is 30.4. The Balaban J connectivity index is 1.58. The van der Waals surface area contributed by atoms with Crippen molar-refractivity contribution in [1.82, 2.24) is 9.55 Å². The number of benzene rings is 1. The van der Waals surface area contributed by atoms with Gasteiger partial charge in [-0.25, -0.2) is 4.98 Å². The molecule has 0 unspecified atom stereocenters. The van der Waals surface area contributed by atoms with Crippen molar-refractivity contribution in [2.24, 2.45) is 13.0 Å². The average Bonchev–Trinajstić information content (AvgIpc) is 2.58. The van der Waals surface area contributed by atoms with Crippen LogP contribution in [0.2, 0.25) is 0 Å². The van der Waals surface area contributed by atoms with Crippen LogP contribution in [-0.4, -0.2) is 28.5 Å². The highest BCUT2D eigenvalue weighted by Gasteiger charge is 2.25. The number of anilines is 2. The number of nitrogens with one attached hydrogen (secondary N) is 1. The number of hydrogen-bond donors (Lipinski definition) is 1. The fourth-order valence-corrected chi connectivity index (χ4v) is 2.76. The molecule has 0 radical (unpaired) electrons. The predicted molar refractivity (Wildman–Crippen MR) is 89.5 cm³/mol. The third-order valence-electron chi connectivity index (χ3n) is 4.19. The monoisotopic (exact) mass is 312 g/mol. The Kier molecular flexibility index (Phi) is 4.41. The fraction of sp³-hybridized carbons (Fsp3) is 0.353. The number of rotatable bonds is 3. The van der Waals surface area contributed by atoms with Crippen LogP contribution < -0.4 is 15.8 Å². The SMILES string of the molecule is Cn1cnc(N2CCC(C(=O)Nc3ccccc3)CC2)cc1=O. The van der Waals surface area contributed by atoms with Crippen molar-refractivity contribution in [2.75, 3.05) is 23.3 Å². The number of amides is 1. The summed E-state index contributed by atoms with van der Waals surface area (Å²) in [6, 6.07) is 11.0. The van der Waals surface area contributed by atoms with E-state index in [0.29, 0.717) is 5.82 Å². The van der Waals surface area contributed by atoms with E-state index in [2.05, 4.69) is 15.2 Å². The zero-order valence-electron chi connectivity index (χ0n) is 13.1. The van der Waals surface area contributed by atoms with Gasteiger partial charge in [-0.1, -0.05) is 18.2 Å². The highest BCUT2D eigenvalue weighted by molar-refractivity contribution is 5.92. The van der Waals surface area contributed by atoms with Crippen molar-refractivity contribution in [3.8, 4) is 0 Å². The smallest absolute Gasteiger partial charge is 0.255 e. The quantitative estimate of drug-likeness (QED) is 0.935. The molecule has 6 heteroatoms. The van der Waals surface area contributed by atoms with E-state index in [9.17, 15) is 9.59 Å². The van der Waals surface area contributed by atoms with Crippen molar-refractivity contribution in [2.45, 2.75) is 12.8 Å². The molecular weight excluding hydrogens is 292 g/mol. The van der Waals surface area contributed by atoms with Crippen molar-refractivity contribution >= 4 is 17.4 Å². The summed E-state index contributed by atoms with van der Waals surface area (Å²) >= 11 is 0. The lowest BCUT2D eigenvalue weighted by Crippen LogP contribution is -2.39. The lowest BCUT2D eigenvalue weighted by molar-refractivity contribution is -0.120. The number of carbonyl (C=O) groups excluding carboxylic acids is 1. The summed E-state index contributed by atoms with van der Waals surface area (Å²) in [6.07, 6.45) is 3.05. The number of carbonyl (C=O) groups is 1. The summed E-state index contributed by atoms with van der Waals surface area (Å²) in [6.45, 7) is 1.46. The minimum atomic E-state index is -0.0704. The Labute approximate surface area is 134 Å². The molecule has 1 saturated heterocycles. The first-order valence-electron chi connectivity index (χ1n) is 7.77. The Morgan fingerprint density at radius 1 is 1.22 bits per heavy atom. The van der Waals surface area contributed by atoms with E-state index in [1.165, 1.54) is 10.9 Å². The van der Waals surface area contributed by atoms with Crippen LogP contribution in [0.3, 0.4) is 0 Å². The molecule has 1 aliphatic heterocycles. The molecule has 0 saturated carbocycles. The van der Waals surface area contributed by atoms with Gasteiger partial charge >= 0.3 is 0 Å². The van der Waals surface area contributed by atoms with Crippen LogP contribution >= 0.6 is 0 Å². The second kappa shape index (κ2) is 6.64. The second-order valence-corrected chi connectivity index (χ2v) is 5.81. The van der Waals surface area contributed by atoms with Crippen LogP contribution in [0.5, 0.6) is 0 Å². The Morgan fingerprint density at radius 2 is 1.91 bits per heavy atom. The maximum atomic E-state index is 12.3. The van der Waals surface area contributed by atoms with Gasteiger partial charge in [0.05, 0.1) is 6.33 Å². The lowest BCUT2D eigenvalue weighted by atomic mass is 9.96. The second-order valence-electron chi connectivity index (χ2n) is 5.81. The Hall–Kier alpha value is -2.63. The van der Waals surface area contributed by atoms with E-state index in [0.717, 1.165) is 31.6 Å². The minimum absolute atomic E-state index is 0.00185. The van der Waals surface area contributed by atoms with Gasteiger partial charge in [0.1, 0.15) is 5.82 Å². The van der Waals surface area contributed by atoms with Gasteiger partial charge in [-0.2, -0.15) is 0 Å². The number of para-hydroxylation sites is 1. The normalized spacial score (nSPS) is 15.4. The van der Waals surface area contributed by atoms with Gasteiger partial charge in [0.25, 0.3) is 5.56 Å². The maximum absolute atomic E-state index is 12.3. The van der Waals surface area contributed by atoms with E-state index in [-0.39, 0.29) is 17.4 Å². The van der Waals surface area contributed by atoms with Crippen LogP contribution in [0, 0.1) is 5.92 Å². The third kappa shape index (κ3) is 3.59. The van der Waals surface area contributed by atoms with Gasteiger partial charge < -0.3 is 14.8 Å². The highest BCUT2D eigenvalue weighted by atomic mass is 16.2. The first-order chi connectivity index (χ1) is 11.1. The molecule has 3 rings (SSSR count). The lowest BCUT2D eigenvalue weighted by Gasteiger charge is -2.32. The van der Waals surface area contributed by atoms with E-state index in [1.807, 2.05) is 30.3 Å². The average molecular weight is 312 g/mol. The third-order valence-corrected chi connectivity index (χ3v) is 4.19. The first kappa shape index (κ1) is 15.3. The molecule has 6 nitrogen and oxygen atoms in total. The van der Waals surface area contributed by atoms with Crippen molar-refractivity contribution in [1.29, 1.82) is 0 Å². The van der Waals surface area contributed by atoms with Gasteiger partial charge in [-0.05, 0) is 25.0 Å². The predicted octanol–water partition coefficient (Wildman–Crippen LogP) is 1.64. The topological polar surface area (TPSA) is 67.2 Å². The number of nitrogens with zero attached hydrogens (tertiary/aromatic N) is 3. The molecule has 1 amide bonds. The summed E-state index contributed by atoms with van der Waals surface area (Å²) in [5, 5.41) is 2.96. The van der Waals surface area contributed by atoms with E-state index in [1.54, 1.807) is 13.1 Å². The zero-order valence-corrected chi connectivity index (χ0v) is 13.1. The standard InChI is InChI=1S/C17H20N4O2/c1-20-12-18-15(11-16(20)22)21-9-7-13(8-10-21)17(23)19-14-5-3-2-4-6-14/h2-6,11-13H,7-10H2,1H3,(H,19,23). The fourth-order valence-electron chi connectivity index (χ4n) is 2.76. The van der Waals surface area contributed by atoms with Crippen molar-refractivity contribution in [3.63, 3.8) is 0 Å². The molecule has 0 spiro atoms. The molecule has 0 aliphatic carbocycles. The zero-order chi connectivity index (χ0) is 16.2. The molecular formula is C17H20N4O2. The summed E-state index contributed by atoms with van der Waals surface area (Å²) in [5.41, 5.74) is 0.757. The van der Waals surface area contributed by atoms with Crippen LogP contribution in [0.15, 0.2) is 47.5 Å². The largest absolute Gasteiger partial charge is 0.356 e. The molecule has 120 valence electrons. The minimum Gasteiger partial charge on any atom is -0.356 e. The molecule has 1 fully saturated rings. The number of piperidine rings is 1. The molecule has 23 heavy (non-hydrogen) atoms. The van der Waals surface area contributed by atoms with E-state index < -0.39 is 0 Å². The molecule has 1 aromatic carbocycles. The maximum Gasteiger partial charge on any atom is 0.255 e. The highest BCUT2D eigenvalue weighted by Crippen LogP contribution is 2.22. The summed E-state index contributed by atoms with van der Waals surface area (Å²) in [7, 11) is 1.68. The molecule has 1 aromatic heterocycles. The Bertz CT molecular complexity index is 734. The molecule has 1 N–H and O–H groups in total. The summed E-state index contributed by atoms with van der Waals surface area (Å²) in [5.74, 6) is 0.751. The van der Waals surface area contributed by atoms with E-state index in [4.69, 9.17) is 0 Å². The first-order valence-corrected chi connectivity index (χ1v) is 7.77. The van der Waals surface area contributed by atoms with Gasteiger partial charge in [-0.15, -0.1) is 0 Å². The number of aromatic nitrogens is 2. The van der Waals surface area contributed by atoms with Crippen LogP contribution in [0.25, 0.3) is 0 Å². The van der Waals surface area contributed by atoms with Crippen LogP contribution in [-0.2, 0) is 11.8 Å². The van der Waals surface area contributed by atoms with Gasteiger partial charge in [0.2, 0.25) is 5.91 Å². The molecule has 0 bridgehead atoms. The molecule has 1 aliphatic rings.